The first kappa shape index (κ1) is 23.1. The van der Waals surface area contributed by atoms with Crippen LogP contribution in [0.2, 0.25) is 0 Å². The van der Waals surface area contributed by atoms with E-state index >= 15 is 0 Å². The molecular formula is C26H22N2O6. The molecule has 8 nitrogen and oxygen atoms in total. The maximum atomic E-state index is 12.0. The normalized spacial score (nSPS) is 13.6. The standard InChI is InChI=1S/C26H22N2O6/c1-32-24(30)19-12-13-21-22(14-19)34-25(28-21)26(27,31)23(33-16-17-8-4-2-5-9-17)20(15-29)18-10-6-3-7-11-18/h2-14,23,31H,16,27H2,1H3. The number of benzene rings is 3. The highest BCUT2D eigenvalue weighted by atomic mass is 16.5. The molecule has 0 saturated carbocycles. The Labute approximate surface area is 195 Å². The monoisotopic (exact) mass is 458 g/mol. The van der Waals surface area contributed by atoms with Crippen molar-refractivity contribution in [3.63, 3.8) is 0 Å². The van der Waals surface area contributed by atoms with E-state index in [0.717, 1.165) is 5.56 Å². The fourth-order valence-corrected chi connectivity index (χ4v) is 3.52. The number of carbonyl (C=O) groups excluding carboxylic acids is 2. The van der Waals surface area contributed by atoms with Crippen LogP contribution in [0.3, 0.4) is 0 Å². The number of rotatable bonds is 8. The third-order valence-corrected chi connectivity index (χ3v) is 5.27. The van der Waals surface area contributed by atoms with Crippen LogP contribution in [-0.2, 0) is 26.6 Å². The van der Waals surface area contributed by atoms with E-state index in [1.54, 1.807) is 30.3 Å². The van der Waals surface area contributed by atoms with E-state index in [1.807, 2.05) is 36.3 Å². The molecule has 0 saturated heterocycles. The van der Waals surface area contributed by atoms with Crippen LogP contribution in [0, 0.1) is 0 Å². The van der Waals surface area contributed by atoms with Gasteiger partial charge < -0.3 is 19.0 Å². The van der Waals surface area contributed by atoms with E-state index in [0.29, 0.717) is 11.1 Å². The molecule has 3 N–H and O–H groups in total. The van der Waals surface area contributed by atoms with E-state index < -0.39 is 17.8 Å². The summed E-state index contributed by atoms with van der Waals surface area (Å²) in [4.78, 5) is 28.2. The van der Waals surface area contributed by atoms with E-state index in [-0.39, 0.29) is 29.2 Å². The van der Waals surface area contributed by atoms with Crippen molar-refractivity contribution in [1.29, 1.82) is 0 Å². The molecule has 0 fully saturated rings. The molecule has 3 aromatic carbocycles. The number of aliphatic hydroxyl groups is 1. The van der Waals surface area contributed by atoms with E-state index in [2.05, 4.69) is 4.98 Å². The Morgan fingerprint density at radius 2 is 1.76 bits per heavy atom. The van der Waals surface area contributed by atoms with Crippen LogP contribution < -0.4 is 5.73 Å². The average molecular weight is 458 g/mol. The van der Waals surface area contributed by atoms with Gasteiger partial charge in [-0.25, -0.2) is 14.6 Å². The van der Waals surface area contributed by atoms with Crippen molar-refractivity contribution in [1.82, 2.24) is 4.98 Å². The molecule has 0 bridgehead atoms. The summed E-state index contributed by atoms with van der Waals surface area (Å²) in [6, 6.07) is 22.4. The fourth-order valence-electron chi connectivity index (χ4n) is 3.52. The summed E-state index contributed by atoms with van der Waals surface area (Å²) in [6.45, 7) is 0.0513. The topological polar surface area (TPSA) is 125 Å². The van der Waals surface area contributed by atoms with Crippen LogP contribution in [0.5, 0.6) is 0 Å². The Morgan fingerprint density at radius 3 is 2.41 bits per heavy atom. The molecule has 4 rings (SSSR count). The highest BCUT2D eigenvalue weighted by Gasteiger charge is 2.44. The molecule has 0 spiro atoms. The molecule has 34 heavy (non-hydrogen) atoms. The largest absolute Gasteiger partial charge is 0.465 e. The second kappa shape index (κ2) is 9.82. The third-order valence-electron chi connectivity index (χ3n) is 5.27. The van der Waals surface area contributed by atoms with Crippen molar-refractivity contribution in [2.24, 2.45) is 5.73 Å². The van der Waals surface area contributed by atoms with Crippen molar-refractivity contribution in [3.8, 4) is 0 Å². The summed E-state index contributed by atoms with van der Waals surface area (Å²) in [5.74, 6) is 1.03. The van der Waals surface area contributed by atoms with Crippen LogP contribution in [0.15, 0.2) is 83.3 Å². The second-order valence-electron chi connectivity index (χ2n) is 7.58. The zero-order valence-corrected chi connectivity index (χ0v) is 18.3. The zero-order valence-electron chi connectivity index (χ0n) is 18.3. The third kappa shape index (κ3) is 4.66. The van der Waals surface area contributed by atoms with Gasteiger partial charge in [-0.1, -0.05) is 60.7 Å². The molecule has 1 aromatic heterocycles. The Hall–Kier alpha value is -4.07. The smallest absolute Gasteiger partial charge is 0.337 e. The first-order valence-electron chi connectivity index (χ1n) is 10.4. The highest BCUT2D eigenvalue weighted by Crippen LogP contribution is 2.33. The molecular weight excluding hydrogens is 436 g/mol. The number of nitrogens with zero attached hydrogens (tertiary/aromatic N) is 1. The quantitative estimate of drug-likeness (QED) is 0.234. The van der Waals surface area contributed by atoms with Crippen molar-refractivity contribution in [2.75, 3.05) is 7.11 Å². The minimum absolute atomic E-state index is 0.000892. The summed E-state index contributed by atoms with van der Waals surface area (Å²) in [5.41, 5.74) is 6.07. The first-order chi connectivity index (χ1) is 16.4. The number of fused-ring (bicyclic) bond motifs is 1. The minimum Gasteiger partial charge on any atom is -0.465 e. The molecule has 0 amide bonds. The van der Waals surface area contributed by atoms with Gasteiger partial charge in [-0.2, -0.15) is 0 Å². The van der Waals surface area contributed by atoms with Crippen molar-refractivity contribution >= 4 is 28.6 Å². The van der Waals surface area contributed by atoms with Gasteiger partial charge in [0.05, 0.1) is 24.9 Å². The van der Waals surface area contributed by atoms with Gasteiger partial charge >= 0.3 is 5.97 Å². The molecule has 0 aliphatic heterocycles. The summed E-state index contributed by atoms with van der Waals surface area (Å²) in [7, 11) is 1.27. The molecule has 2 unspecified atom stereocenters. The van der Waals surface area contributed by atoms with Gasteiger partial charge in [0.2, 0.25) is 11.6 Å². The fraction of sp³-hybridized carbons (Fsp3) is 0.154. The number of aromatic nitrogens is 1. The van der Waals surface area contributed by atoms with Crippen LogP contribution in [0.1, 0.15) is 27.4 Å². The lowest BCUT2D eigenvalue weighted by Gasteiger charge is -2.30. The summed E-state index contributed by atoms with van der Waals surface area (Å²) in [5, 5.41) is 11.4. The van der Waals surface area contributed by atoms with Crippen LogP contribution in [0.4, 0.5) is 0 Å². The predicted molar refractivity (Wildman–Crippen MR) is 124 cm³/mol. The molecule has 1 heterocycles. The zero-order chi connectivity index (χ0) is 24.1. The van der Waals surface area contributed by atoms with Gasteiger partial charge in [-0.15, -0.1) is 0 Å². The van der Waals surface area contributed by atoms with E-state index in [4.69, 9.17) is 19.6 Å². The van der Waals surface area contributed by atoms with E-state index in [1.165, 1.54) is 25.3 Å². The maximum absolute atomic E-state index is 12.0. The van der Waals surface area contributed by atoms with Crippen molar-refractivity contribution in [2.45, 2.75) is 18.4 Å². The molecule has 2 atom stereocenters. The SMILES string of the molecule is COC(=O)c1ccc2nc(C(N)(O)C(OCc3ccccc3)C(=C=O)c3ccccc3)oc2c1. The van der Waals surface area contributed by atoms with Crippen LogP contribution >= 0.6 is 0 Å². The molecule has 0 aliphatic carbocycles. The predicted octanol–water partition coefficient (Wildman–Crippen LogP) is 3.22. The van der Waals surface area contributed by atoms with Crippen LogP contribution in [0.25, 0.3) is 16.7 Å². The van der Waals surface area contributed by atoms with Crippen molar-refractivity contribution in [3.05, 3.63) is 101 Å². The lowest BCUT2D eigenvalue weighted by Crippen LogP contribution is -2.50. The Kier molecular flexibility index (Phi) is 6.67. The first-order valence-corrected chi connectivity index (χ1v) is 10.4. The number of hydrogen-bond donors (Lipinski definition) is 2. The number of ether oxygens (including phenoxy) is 2. The molecule has 4 aromatic rings. The lowest BCUT2D eigenvalue weighted by molar-refractivity contribution is -0.102. The molecule has 8 heteroatoms. The number of nitrogens with two attached hydrogens (primary N) is 1. The number of methoxy groups -OCH3 is 1. The van der Waals surface area contributed by atoms with Gasteiger partial charge in [0.1, 0.15) is 17.6 Å². The highest BCUT2D eigenvalue weighted by molar-refractivity contribution is 5.93. The van der Waals surface area contributed by atoms with Crippen molar-refractivity contribution < 1.29 is 28.6 Å². The Balaban J connectivity index is 1.75. The second-order valence-corrected chi connectivity index (χ2v) is 7.58. The number of hydrogen-bond acceptors (Lipinski definition) is 8. The molecule has 0 aliphatic rings. The van der Waals surface area contributed by atoms with Gasteiger partial charge in [-0.05, 0) is 29.3 Å². The van der Waals surface area contributed by atoms with Gasteiger partial charge in [-0.3, -0.25) is 5.73 Å². The molecule has 0 radical (unpaired) electrons. The van der Waals surface area contributed by atoms with Gasteiger partial charge in [0.25, 0.3) is 0 Å². The molecule has 172 valence electrons. The summed E-state index contributed by atoms with van der Waals surface area (Å²) in [6.07, 6.45) is -1.37. The number of esters is 1. The minimum atomic E-state index is -2.35. The Bertz CT molecular complexity index is 1340. The number of oxazole rings is 1. The summed E-state index contributed by atoms with van der Waals surface area (Å²) < 4.78 is 16.4. The van der Waals surface area contributed by atoms with Gasteiger partial charge in [0.15, 0.2) is 5.58 Å². The maximum Gasteiger partial charge on any atom is 0.337 e. The number of carbonyl (C=O) groups is 1. The average Bonchev–Trinajstić information content (AvgIpc) is 3.31. The lowest BCUT2D eigenvalue weighted by atomic mass is 9.94. The van der Waals surface area contributed by atoms with Gasteiger partial charge in [0, 0.05) is 0 Å². The summed E-state index contributed by atoms with van der Waals surface area (Å²) >= 11 is 0. The van der Waals surface area contributed by atoms with Crippen LogP contribution in [-0.4, -0.2) is 35.2 Å². The Morgan fingerprint density at radius 1 is 1.09 bits per heavy atom. The van der Waals surface area contributed by atoms with E-state index in [9.17, 15) is 14.7 Å².